The van der Waals surface area contributed by atoms with E-state index in [1.165, 1.54) is 0 Å². The molecule has 1 rings (SSSR count). The Morgan fingerprint density at radius 1 is 1.47 bits per heavy atom. The van der Waals surface area contributed by atoms with Crippen molar-refractivity contribution in [2.24, 2.45) is 5.92 Å². The van der Waals surface area contributed by atoms with Crippen molar-refractivity contribution in [3.8, 4) is 0 Å². The lowest BCUT2D eigenvalue weighted by Gasteiger charge is -2.11. The van der Waals surface area contributed by atoms with Crippen molar-refractivity contribution in [1.29, 1.82) is 0 Å². The average molecular weight is 267 g/mol. The lowest BCUT2D eigenvalue weighted by molar-refractivity contribution is -0.119. The van der Waals surface area contributed by atoms with Crippen molar-refractivity contribution in [1.82, 2.24) is 15.1 Å². The van der Waals surface area contributed by atoms with E-state index < -0.39 is 0 Å². The maximum atomic E-state index is 11.7. The Morgan fingerprint density at radius 2 is 2.16 bits per heavy atom. The minimum Gasteiger partial charge on any atom is -0.394 e. The van der Waals surface area contributed by atoms with Crippen LogP contribution >= 0.6 is 0 Å². The topological polar surface area (TPSA) is 85.0 Å². The standard InChI is InChI=1S/C13H25N5O/c1-5-6-18-13(12(14)10(4)17-18)16-8-11(19)15-7-9(2)3/h9,16H,5-8,14H2,1-4H3,(H,15,19). The molecule has 0 atom stereocenters. The Kier molecular flexibility index (Phi) is 5.66. The van der Waals surface area contributed by atoms with Gasteiger partial charge in [-0.05, 0) is 19.3 Å². The van der Waals surface area contributed by atoms with E-state index in [4.69, 9.17) is 5.73 Å². The molecule has 6 heteroatoms. The summed E-state index contributed by atoms with van der Waals surface area (Å²) in [5, 5.41) is 10.3. The van der Waals surface area contributed by atoms with E-state index in [9.17, 15) is 4.79 Å². The van der Waals surface area contributed by atoms with E-state index in [1.807, 2.05) is 11.6 Å². The SMILES string of the molecule is CCCn1nc(C)c(N)c1NCC(=O)NCC(C)C. The minimum absolute atomic E-state index is 0.0324. The largest absolute Gasteiger partial charge is 0.394 e. The van der Waals surface area contributed by atoms with Gasteiger partial charge in [0.1, 0.15) is 5.82 Å². The molecule has 0 saturated heterocycles. The number of carbonyl (C=O) groups is 1. The number of amides is 1. The van der Waals surface area contributed by atoms with Crippen LogP contribution in [0, 0.1) is 12.8 Å². The molecule has 108 valence electrons. The molecule has 0 aromatic carbocycles. The summed E-state index contributed by atoms with van der Waals surface area (Å²) < 4.78 is 1.82. The first-order valence-electron chi connectivity index (χ1n) is 6.79. The van der Waals surface area contributed by atoms with E-state index in [0.29, 0.717) is 18.2 Å². The van der Waals surface area contributed by atoms with Gasteiger partial charge in [0.25, 0.3) is 0 Å². The maximum absolute atomic E-state index is 11.7. The molecule has 0 fully saturated rings. The Bertz CT molecular complexity index is 425. The first-order chi connectivity index (χ1) is 8.95. The Balaban J connectivity index is 2.59. The molecule has 0 aliphatic heterocycles. The zero-order valence-corrected chi connectivity index (χ0v) is 12.3. The van der Waals surface area contributed by atoms with Crippen LogP contribution in [0.5, 0.6) is 0 Å². The molecule has 1 heterocycles. The molecule has 6 nitrogen and oxygen atoms in total. The van der Waals surface area contributed by atoms with Crippen LogP contribution < -0.4 is 16.4 Å². The van der Waals surface area contributed by atoms with E-state index in [-0.39, 0.29) is 12.5 Å². The second kappa shape index (κ2) is 7.01. The van der Waals surface area contributed by atoms with Crippen molar-refractivity contribution in [3.05, 3.63) is 5.69 Å². The number of nitrogens with zero attached hydrogens (tertiary/aromatic N) is 2. The van der Waals surface area contributed by atoms with Crippen molar-refractivity contribution in [3.63, 3.8) is 0 Å². The summed E-state index contributed by atoms with van der Waals surface area (Å²) in [6, 6.07) is 0. The number of nitrogens with two attached hydrogens (primary N) is 1. The first-order valence-corrected chi connectivity index (χ1v) is 6.79. The molecule has 0 spiro atoms. The molecule has 0 unspecified atom stereocenters. The van der Waals surface area contributed by atoms with Crippen molar-refractivity contribution in [2.45, 2.75) is 40.7 Å². The molecule has 1 amide bonds. The molecule has 0 saturated carbocycles. The van der Waals surface area contributed by atoms with Gasteiger partial charge in [-0.2, -0.15) is 5.10 Å². The zero-order chi connectivity index (χ0) is 14.4. The zero-order valence-electron chi connectivity index (χ0n) is 12.3. The molecule has 0 aliphatic carbocycles. The number of hydrogen-bond acceptors (Lipinski definition) is 4. The Labute approximate surface area is 114 Å². The highest BCUT2D eigenvalue weighted by Gasteiger charge is 2.12. The second-order valence-electron chi connectivity index (χ2n) is 5.12. The van der Waals surface area contributed by atoms with Crippen molar-refractivity contribution in [2.75, 3.05) is 24.1 Å². The van der Waals surface area contributed by atoms with Gasteiger partial charge in [-0.1, -0.05) is 20.8 Å². The number of aryl methyl sites for hydroxylation is 2. The summed E-state index contributed by atoms with van der Waals surface area (Å²) >= 11 is 0. The fourth-order valence-corrected chi connectivity index (χ4v) is 1.70. The molecule has 0 aliphatic rings. The molecule has 1 aromatic heterocycles. The quantitative estimate of drug-likeness (QED) is 0.696. The number of hydrogen-bond donors (Lipinski definition) is 3. The van der Waals surface area contributed by atoms with Crippen LogP contribution in [-0.2, 0) is 11.3 Å². The number of aromatic nitrogens is 2. The fourth-order valence-electron chi connectivity index (χ4n) is 1.70. The maximum Gasteiger partial charge on any atom is 0.239 e. The summed E-state index contributed by atoms with van der Waals surface area (Å²) in [6.07, 6.45) is 0.967. The number of carbonyl (C=O) groups excluding carboxylic acids is 1. The van der Waals surface area contributed by atoms with Crippen molar-refractivity contribution < 1.29 is 4.79 Å². The lowest BCUT2D eigenvalue weighted by Crippen LogP contribution is -2.33. The number of rotatable bonds is 7. The Morgan fingerprint density at radius 3 is 2.74 bits per heavy atom. The van der Waals surface area contributed by atoms with Gasteiger partial charge in [-0.3, -0.25) is 4.79 Å². The minimum atomic E-state index is -0.0324. The molecule has 0 radical (unpaired) electrons. The van der Waals surface area contributed by atoms with Crippen LogP contribution in [0.1, 0.15) is 32.9 Å². The summed E-state index contributed by atoms with van der Waals surface area (Å²) in [5.41, 5.74) is 7.37. The van der Waals surface area contributed by atoms with Crippen LogP contribution in [0.2, 0.25) is 0 Å². The highest BCUT2D eigenvalue weighted by atomic mass is 16.1. The normalized spacial score (nSPS) is 10.8. The van der Waals surface area contributed by atoms with Crippen LogP contribution in [0.15, 0.2) is 0 Å². The molecule has 19 heavy (non-hydrogen) atoms. The van der Waals surface area contributed by atoms with Crippen molar-refractivity contribution >= 4 is 17.4 Å². The molecular formula is C13H25N5O. The molecule has 4 N–H and O–H groups in total. The van der Waals surface area contributed by atoms with Gasteiger partial charge in [0.2, 0.25) is 5.91 Å². The van der Waals surface area contributed by atoms with Gasteiger partial charge >= 0.3 is 0 Å². The Hall–Kier alpha value is -1.72. The molecular weight excluding hydrogens is 242 g/mol. The molecule has 0 bridgehead atoms. The van der Waals surface area contributed by atoms with Gasteiger partial charge in [0.15, 0.2) is 0 Å². The average Bonchev–Trinajstić information content (AvgIpc) is 2.61. The highest BCUT2D eigenvalue weighted by Crippen LogP contribution is 2.22. The van der Waals surface area contributed by atoms with E-state index in [1.54, 1.807) is 0 Å². The monoisotopic (exact) mass is 267 g/mol. The summed E-state index contributed by atoms with van der Waals surface area (Å²) in [5.74, 6) is 1.15. The summed E-state index contributed by atoms with van der Waals surface area (Å²) in [6.45, 7) is 9.75. The van der Waals surface area contributed by atoms with E-state index in [0.717, 1.165) is 24.5 Å². The van der Waals surface area contributed by atoms with E-state index in [2.05, 4.69) is 36.5 Å². The van der Waals surface area contributed by atoms with Gasteiger partial charge in [-0.25, -0.2) is 4.68 Å². The lowest BCUT2D eigenvalue weighted by atomic mass is 10.2. The predicted octanol–water partition coefficient (Wildman–Crippen LogP) is 1.37. The third-order valence-corrected chi connectivity index (χ3v) is 2.73. The third kappa shape index (κ3) is 4.46. The summed E-state index contributed by atoms with van der Waals surface area (Å²) in [4.78, 5) is 11.7. The van der Waals surface area contributed by atoms with Crippen LogP contribution in [0.3, 0.4) is 0 Å². The predicted molar refractivity (Wildman–Crippen MR) is 78.0 cm³/mol. The van der Waals surface area contributed by atoms with Gasteiger partial charge in [0.05, 0.1) is 17.9 Å². The van der Waals surface area contributed by atoms with Gasteiger partial charge in [0, 0.05) is 13.1 Å². The summed E-state index contributed by atoms with van der Waals surface area (Å²) in [7, 11) is 0. The van der Waals surface area contributed by atoms with Crippen LogP contribution in [0.4, 0.5) is 11.5 Å². The highest BCUT2D eigenvalue weighted by molar-refractivity contribution is 5.81. The fraction of sp³-hybridized carbons (Fsp3) is 0.692. The van der Waals surface area contributed by atoms with Crippen LogP contribution in [0.25, 0.3) is 0 Å². The third-order valence-electron chi connectivity index (χ3n) is 2.73. The van der Waals surface area contributed by atoms with Gasteiger partial charge < -0.3 is 16.4 Å². The second-order valence-corrected chi connectivity index (χ2v) is 5.12. The number of anilines is 2. The number of nitrogens with one attached hydrogen (secondary N) is 2. The smallest absolute Gasteiger partial charge is 0.239 e. The van der Waals surface area contributed by atoms with Gasteiger partial charge in [-0.15, -0.1) is 0 Å². The number of nitrogen functional groups attached to an aromatic ring is 1. The van der Waals surface area contributed by atoms with E-state index >= 15 is 0 Å². The van der Waals surface area contributed by atoms with Crippen LogP contribution in [-0.4, -0.2) is 28.8 Å². The first kappa shape index (κ1) is 15.3. The molecule has 1 aromatic rings.